The van der Waals surface area contributed by atoms with Crippen LogP contribution in [0.25, 0.3) is 0 Å². The molecule has 4 N–H and O–H groups in total. The van der Waals surface area contributed by atoms with Gasteiger partial charge in [-0.05, 0) is 168 Å². The zero-order chi connectivity index (χ0) is 66.2. The Morgan fingerprint density at radius 1 is 0.560 bits per heavy atom. The lowest BCUT2D eigenvalue weighted by Crippen LogP contribution is -2.56. The molecule has 0 bridgehead atoms. The van der Waals surface area contributed by atoms with Gasteiger partial charge in [0, 0.05) is 89.4 Å². The molecule has 23 heteroatoms. The molecule has 0 aromatic rings. The molecular formula is C68H105N7O14S2. The summed E-state index contributed by atoms with van der Waals surface area (Å²) >= 11 is 0. The van der Waals surface area contributed by atoms with E-state index in [4.69, 9.17) is 19.9 Å². The average Bonchev–Trinajstić information content (AvgIpc) is 1.46. The molecule has 4 amide bonds. The number of nitrogens with one attached hydrogen (secondary N) is 2. The van der Waals surface area contributed by atoms with Gasteiger partial charge in [0.05, 0.1) is 41.3 Å². The van der Waals surface area contributed by atoms with E-state index < -0.39 is 89.5 Å². The van der Waals surface area contributed by atoms with E-state index >= 15 is 4.79 Å². The van der Waals surface area contributed by atoms with Crippen LogP contribution in [-0.2, 0) is 68.2 Å². The molecule has 12 rings (SSSR count). The van der Waals surface area contributed by atoms with Crippen LogP contribution in [0.15, 0.2) is 25.3 Å². The number of nitrogens with two attached hydrogens (primary N) is 1. The van der Waals surface area contributed by atoms with Crippen LogP contribution in [0.3, 0.4) is 0 Å². The first-order valence-electron chi connectivity index (χ1n) is 34.2. The van der Waals surface area contributed by atoms with Crippen molar-refractivity contribution < 1.29 is 64.6 Å². The molecule has 6 heterocycles. The van der Waals surface area contributed by atoms with Crippen molar-refractivity contribution in [1.29, 1.82) is 0 Å². The molecule has 12 fully saturated rings. The van der Waals surface area contributed by atoms with Gasteiger partial charge in [0.25, 0.3) is 0 Å². The van der Waals surface area contributed by atoms with Crippen molar-refractivity contribution in [3.8, 4) is 0 Å². The Hall–Kier alpha value is -4.13. The van der Waals surface area contributed by atoms with E-state index in [0.29, 0.717) is 117 Å². The highest BCUT2D eigenvalue weighted by atomic mass is 32.2. The fourth-order valence-electron chi connectivity index (χ4n) is 20.1. The quantitative estimate of drug-likeness (QED) is 0.0810. The Morgan fingerprint density at radius 2 is 0.934 bits per heavy atom. The number of rotatable bonds is 20. The molecule has 508 valence electrons. The number of nitrogens with zero attached hydrogens (tertiary/aromatic N) is 4. The summed E-state index contributed by atoms with van der Waals surface area (Å²) in [6, 6.07) is -2.21. The number of carbonyl (C=O) groups excluding carboxylic acids is 7. The largest absolute Gasteiger partial charge is 0.460 e. The molecule has 6 saturated heterocycles. The van der Waals surface area contributed by atoms with Gasteiger partial charge in [0.2, 0.25) is 23.6 Å². The number of likely N-dealkylation sites (tertiary alicyclic amines) is 2. The standard InChI is InChI=1S/C37H57N3O8S.C31H48N4O6S/c1-8-25-21-35(25,31(44)38-49(45,46)39-16-9-10-17-39)23-28(41)27-22-37(33(5,6)36(37)12-11-13-36)24-40(27)30(43)26(20-29(42)48-32(2,3)4)34(7)14-18-47-19-15-34;1-5-21-17-29(21,26(38)33-42(39,40)34-13-6-7-14-34)19-23(36)22-18-31(27(2,3)30(31)9-8-10-30)20-35(22)25(37)24(32)28(4)11-15-41-16-12-28/h8,25-27H,1,9-24H2,2-7H3,(H,38,44);5,21-22,24H,1,6-20,32H2,2-4H3,(H,33,38)/t25-,26-,27+,35-,37-;21-,22+,24-,29-,31-/m11/s1. The summed E-state index contributed by atoms with van der Waals surface area (Å²) in [5.41, 5.74) is 2.38. The summed E-state index contributed by atoms with van der Waals surface area (Å²) in [6.45, 7) is 30.8. The third-order valence-electron chi connectivity index (χ3n) is 27.1. The Bertz CT molecular complexity index is 3200. The maximum Gasteiger partial charge on any atom is 0.307 e. The minimum atomic E-state index is -4.03. The molecule has 91 heavy (non-hydrogen) atoms. The maximum atomic E-state index is 15.0. The molecule has 0 aromatic heterocycles. The normalized spacial score (nSPS) is 35.0. The number of carbonyl (C=O) groups is 7. The van der Waals surface area contributed by atoms with Gasteiger partial charge in [-0.25, -0.2) is 9.44 Å². The second-order valence-electron chi connectivity index (χ2n) is 32.8. The number of ether oxygens (including phenoxy) is 3. The number of hydrogen-bond acceptors (Lipinski definition) is 15. The van der Waals surface area contributed by atoms with Crippen molar-refractivity contribution in [1.82, 2.24) is 27.9 Å². The van der Waals surface area contributed by atoms with E-state index in [9.17, 15) is 45.6 Å². The highest BCUT2D eigenvalue weighted by Crippen LogP contribution is 2.89. The van der Waals surface area contributed by atoms with Gasteiger partial charge in [-0.15, -0.1) is 13.2 Å². The third kappa shape index (κ3) is 10.9. The van der Waals surface area contributed by atoms with Gasteiger partial charge in [-0.2, -0.15) is 25.4 Å². The first-order valence-corrected chi connectivity index (χ1v) is 37.1. The monoisotopic (exact) mass is 1310 g/mol. The number of Topliss-reactive ketones (excluding diaryl/α,β-unsaturated/α-hetero) is 2. The van der Waals surface area contributed by atoms with Gasteiger partial charge in [0.1, 0.15) is 5.60 Å². The summed E-state index contributed by atoms with van der Waals surface area (Å²) in [6.07, 6.45) is 16.8. The van der Waals surface area contributed by atoms with Gasteiger partial charge < -0.3 is 29.7 Å². The van der Waals surface area contributed by atoms with Crippen molar-refractivity contribution in [2.45, 2.75) is 221 Å². The van der Waals surface area contributed by atoms with Gasteiger partial charge >= 0.3 is 26.4 Å². The Morgan fingerprint density at radius 3 is 1.26 bits per heavy atom. The molecule has 0 radical (unpaired) electrons. The summed E-state index contributed by atoms with van der Waals surface area (Å²) in [5.74, 6) is -3.94. The molecule has 12 aliphatic rings. The van der Waals surface area contributed by atoms with E-state index in [-0.39, 0.29) is 87.0 Å². The third-order valence-corrected chi connectivity index (χ3v) is 30.1. The van der Waals surface area contributed by atoms with Crippen LogP contribution in [0.1, 0.15) is 197 Å². The van der Waals surface area contributed by atoms with Gasteiger partial charge in [-0.3, -0.25) is 33.6 Å². The average molecular weight is 1310 g/mol. The van der Waals surface area contributed by atoms with E-state index in [0.717, 1.165) is 64.2 Å². The lowest BCUT2D eigenvalue weighted by Gasteiger charge is -2.42. The predicted molar refractivity (Wildman–Crippen MR) is 340 cm³/mol. The van der Waals surface area contributed by atoms with Gasteiger partial charge in [-0.1, -0.05) is 66.5 Å². The van der Waals surface area contributed by atoms with Crippen molar-refractivity contribution in [2.75, 3.05) is 65.7 Å². The molecule has 21 nitrogen and oxygen atoms in total. The number of hydrogen-bond donors (Lipinski definition) is 3. The molecule has 6 aliphatic heterocycles. The fourth-order valence-corrected chi connectivity index (χ4v) is 22.7. The smallest absolute Gasteiger partial charge is 0.307 e. The Kier molecular flexibility index (Phi) is 17.5. The molecule has 0 unspecified atom stereocenters. The summed E-state index contributed by atoms with van der Waals surface area (Å²) in [7, 11) is -8.02. The first-order chi connectivity index (χ1) is 42.5. The van der Waals surface area contributed by atoms with Crippen molar-refractivity contribution in [2.24, 2.45) is 77.6 Å². The Balaban J connectivity index is 0.000000189. The molecule has 6 saturated carbocycles. The lowest BCUT2D eigenvalue weighted by atomic mass is 9.69. The number of fused-ring (bicyclic) bond motifs is 2. The molecule has 10 atom stereocenters. The van der Waals surface area contributed by atoms with Crippen LogP contribution in [0.5, 0.6) is 0 Å². The molecule has 4 spiro atoms. The first kappa shape index (κ1) is 68.3. The predicted octanol–water partition coefficient (Wildman–Crippen LogP) is 7.09. The Labute approximate surface area is 540 Å². The summed E-state index contributed by atoms with van der Waals surface area (Å²) in [5, 5.41) is 0. The van der Waals surface area contributed by atoms with Crippen LogP contribution in [0, 0.1) is 71.9 Å². The van der Waals surface area contributed by atoms with E-state index in [1.165, 1.54) is 8.61 Å². The van der Waals surface area contributed by atoms with E-state index in [1.54, 1.807) is 42.7 Å². The fraction of sp³-hybridized carbons (Fsp3) is 0.838. The second-order valence-corrected chi connectivity index (χ2v) is 36.1. The zero-order valence-corrected chi connectivity index (χ0v) is 57.5. The maximum absolute atomic E-state index is 15.0. The lowest BCUT2D eigenvalue weighted by molar-refractivity contribution is -0.163. The van der Waals surface area contributed by atoms with Crippen LogP contribution in [0.2, 0.25) is 0 Å². The van der Waals surface area contributed by atoms with Crippen molar-refractivity contribution in [3.05, 3.63) is 25.3 Å². The molecule has 6 aliphatic carbocycles. The minimum absolute atomic E-state index is 0.000582. The van der Waals surface area contributed by atoms with Crippen LogP contribution < -0.4 is 15.2 Å². The van der Waals surface area contributed by atoms with Crippen LogP contribution >= 0.6 is 0 Å². The highest BCUT2D eigenvalue weighted by Gasteiger charge is 2.86. The number of amides is 4. The zero-order valence-electron chi connectivity index (χ0n) is 55.9. The van der Waals surface area contributed by atoms with Crippen molar-refractivity contribution >= 4 is 61.6 Å². The molecular weight excluding hydrogens is 1200 g/mol. The number of ketones is 2. The SMILES string of the molecule is C=C[C@@H]1C[C@]1(CC(=O)[C@@H]1C[C@@]2(CN1C(=O)[C@@H](CC(=O)OC(C)(C)C)C1(C)CCOCC1)C(C)(C)C21CCC1)C(=O)NS(=O)(=O)N1CCCC1.C=C[C@@H]1C[C@]1(CC(=O)[C@@H]1C[C@@]2(CN1C(=O)[C@@H](N)C1(C)CCOCC1)C(C)(C)C21CCC1)C(=O)NS(=O)(=O)N1CCCC1. The van der Waals surface area contributed by atoms with E-state index in [1.807, 2.05) is 13.8 Å². The van der Waals surface area contributed by atoms with Crippen LogP contribution in [-0.4, -0.2) is 166 Å². The highest BCUT2D eigenvalue weighted by molar-refractivity contribution is 7.88. The number of allylic oxidation sites excluding steroid dienone is 2. The topological polar surface area (TPSA) is 278 Å². The number of esters is 1. The summed E-state index contributed by atoms with van der Waals surface area (Å²) < 4.78 is 76.1. The second kappa shape index (κ2) is 23.3. The minimum Gasteiger partial charge on any atom is -0.460 e. The summed E-state index contributed by atoms with van der Waals surface area (Å²) in [4.78, 5) is 102. The van der Waals surface area contributed by atoms with Gasteiger partial charge in [0.15, 0.2) is 11.6 Å². The van der Waals surface area contributed by atoms with E-state index in [2.05, 4.69) is 50.3 Å². The molecule has 0 aromatic carbocycles. The van der Waals surface area contributed by atoms with Crippen LogP contribution in [0.4, 0.5) is 0 Å². The van der Waals surface area contributed by atoms with Crippen molar-refractivity contribution in [3.63, 3.8) is 0 Å².